The van der Waals surface area contributed by atoms with E-state index < -0.39 is 91.9 Å². The molecular formula is C24H8F8O4. The zero-order chi connectivity index (χ0) is 26.3. The highest BCUT2D eigenvalue weighted by molar-refractivity contribution is 5.94. The summed E-state index contributed by atoms with van der Waals surface area (Å²) in [6.07, 6.45) is 0. The number of hydrogen-bond acceptors (Lipinski definition) is 4. The van der Waals surface area contributed by atoms with Gasteiger partial charge in [0, 0.05) is 0 Å². The first kappa shape index (κ1) is 24.6. The molecule has 0 saturated heterocycles. The molecule has 4 nitrogen and oxygen atoms in total. The molecule has 4 aromatic rings. The van der Waals surface area contributed by atoms with E-state index in [1.807, 2.05) is 0 Å². The molecule has 0 saturated carbocycles. The second-order valence-electron chi connectivity index (χ2n) is 7.14. The number of carbonyl (C=O) groups is 2. The lowest BCUT2D eigenvalue weighted by Crippen LogP contribution is -2.12. The lowest BCUT2D eigenvalue weighted by atomic mass is 10.1. The Balaban J connectivity index is 1.73. The van der Waals surface area contributed by atoms with E-state index in [4.69, 9.17) is 0 Å². The van der Waals surface area contributed by atoms with Gasteiger partial charge in [0.2, 0.25) is 11.6 Å². The summed E-state index contributed by atoms with van der Waals surface area (Å²) < 4.78 is 120. The molecule has 0 fully saturated rings. The van der Waals surface area contributed by atoms with Gasteiger partial charge in [0.25, 0.3) is 0 Å². The maximum absolute atomic E-state index is 14.5. The second-order valence-corrected chi connectivity index (χ2v) is 7.14. The van der Waals surface area contributed by atoms with Gasteiger partial charge in [-0.25, -0.2) is 35.9 Å². The maximum atomic E-state index is 14.5. The molecule has 0 aromatic heterocycles. The van der Waals surface area contributed by atoms with Gasteiger partial charge < -0.3 is 9.47 Å². The Bertz CT molecular complexity index is 1460. The van der Waals surface area contributed by atoms with Gasteiger partial charge in [-0.1, -0.05) is 0 Å². The highest BCUT2D eigenvalue weighted by Gasteiger charge is 2.26. The first-order chi connectivity index (χ1) is 17.0. The fourth-order valence-corrected chi connectivity index (χ4v) is 3.09. The monoisotopic (exact) mass is 512 g/mol. The van der Waals surface area contributed by atoms with E-state index in [1.54, 1.807) is 0 Å². The fourth-order valence-electron chi connectivity index (χ4n) is 3.09. The Kier molecular flexibility index (Phi) is 6.35. The van der Waals surface area contributed by atoms with E-state index in [1.165, 1.54) is 0 Å². The van der Waals surface area contributed by atoms with Crippen molar-refractivity contribution in [3.05, 3.63) is 106 Å². The fraction of sp³-hybridized carbons (Fsp3) is 0. The third-order valence-electron chi connectivity index (χ3n) is 4.83. The summed E-state index contributed by atoms with van der Waals surface area (Å²) in [6.45, 7) is 0. The number of hydrogen-bond donors (Lipinski definition) is 0. The molecule has 4 aromatic carbocycles. The molecule has 12 heteroatoms. The molecule has 0 amide bonds. The van der Waals surface area contributed by atoms with Crippen LogP contribution in [-0.4, -0.2) is 11.9 Å². The van der Waals surface area contributed by atoms with Gasteiger partial charge in [-0.05, 0) is 53.9 Å². The van der Waals surface area contributed by atoms with Gasteiger partial charge >= 0.3 is 11.9 Å². The van der Waals surface area contributed by atoms with Crippen molar-refractivity contribution in [2.75, 3.05) is 0 Å². The van der Waals surface area contributed by atoms with Crippen molar-refractivity contribution in [1.29, 1.82) is 0 Å². The Labute approximate surface area is 195 Å². The maximum Gasteiger partial charge on any atom is 0.343 e. The third kappa shape index (κ3) is 4.44. The Hall–Kier alpha value is -4.48. The highest BCUT2D eigenvalue weighted by atomic mass is 19.2. The number of carbonyl (C=O) groups excluding carboxylic acids is 2. The second kappa shape index (κ2) is 9.29. The molecule has 0 atom stereocenters. The average molecular weight is 512 g/mol. The normalized spacial score (nSPS) is 11.0. The van der Waals surface area contributed by atoms with Gasteiger partial charge in [0.05, 0.1) is 16.5 Å². The smallest absolute Gasteiger partial charge is 0.343 e. The Morgan fingerprint density at radius 2 is 0.889 bits per heavy atom. The average Bonchev–Trinajstić information content (AvgIpc) is 2.83. The summed E-state index contributed by atoms with van der Waals surface area (Å²) >= 11 is 0. The molecule has 0 spiro atoms. The molecule has 0 radical (unpaired) electrons. The number of benzene rings is 4. The largest absolute Gasteiger partial charge is 0.420 e. The van der Waals surface area contributed by atoms with Crippen LogP contribution in [0.4, 0.5) is 35.1 Å². The molecule has 0 aliphatic heterocycles. The van der Waals surface area contributed by atoms with Crippen LogP contribution in [0, 0.1) is 46.5 Å². The van der Waals surface area contributed by atoms with E-state index in [0.29, 0.717) is 36.4 Å². The van der Waals surface area contributed by atoms with Crippen LogP contribution in [-0.2, 0) is 0 Å². The zero-order valence-electron chi connectivity index (χ0n) is 17.3. The number of ether oxygens (including phenoxy) is 2. The minimum Gasteiger partial charge on any atom is -0.420 e. The van der Waals surface area contributed by atoms with Crippen LogP contribution in [0.2, 0.25) is 0 Å². The standard InChI is InChI=1S/C24H8F8O4/c25-12-3-1-9(5-14(12)27)23(33)35-16-7-11-8-17(20(30)22(32)18(11)21(31)19(16)29)36-24(34)10-2-4-13(26)15(28)6-10/h1-8H. The topological polar surface area (TPSA) is 52.6 Å². The highest BCUT2D eigenvalue weighted by Crippen LogP contribution is 2.36. The van der Waals surface area contributed by atoms with Crippen LogP contribution in [0.3, 0.4) is 0 Å². The molecule has 4 rings (SSSR count). The van der Waals surface area contributed by atoms with Crippen LogP contribution in [0.5, 0.6) is 11.5 Å². The number of fused-ring (bicyclic) bond motifs is 1. The lowest BCUT2D eigenvalue weighted by molar-refractivity contribution is 0.0718. The van der Waals surface area contributed by atoms with E-state index in [2.05, 4.69) is 9.47 Å². The van der Waals surface area contributed by atoms with Gasteiger partial charge in [-0.3, -0.25) is 0 Å². The van der Waals surface area contributed by atoms with Crippen molar-refractivity contribution >= 4 is 22.7 Å². The lowest BCUT2D eigenvalue weighted by Gasteiger charge is -2.12. The van der Waals surface area contributed by atoms with Gasteiger partial charge in [-0.2, -0.15) is 8.78 Å². The van der Waals surface area contributed by atoms with Crippen LogP contribution in [0.1, 0.15) is 20.7 Å². The molecule has 36 heavy (non-hydrogen) atoms. The third-order valence-corrected chi connectivity index (χ3v) is 4.83. The molecule has 0 aliphatic carbocycles. The summed E-state index contributed by atoms with van der Waals surface area (Å²) in [5.41, 5.74) is -1.17. The minimum absolute atomic E-state index is 0.428. The molecule has 184 valence electrons. The predicted octanol–water partition coefficient (Wildman–Crippen LogP) is 6.39. The predicted molar refractivity (Wildman–Crippen MR) is 106 cm³/mol. The van der Waals surface area contributed by atoms with Crippen LogP contribution in [0.15, 0.2) is 48.5 Å². The van der Waals surface area contributed by atoms with E-state index in [0.717, 1.165) is 12.1 Å². The van der Waals surface area contributed by atoms with Crippen molar-refractivity contribution in [2.24, 2.45) is 0 Å². The summed E-state index contributed by atoms with van der Waals surface area (Å²) in [5.74, 6) is -18.4. The van der Waals surface area contributed by atoms with E-state index in [-0.39, 0.29) is 0 Å². The van der Waals surface area contributed by atoms with Gasteiger partial charge in [-0.15, -0.1) is 0 Å². The number of esters is 2. The molecule has 0 bridgehead atoms. The van der Waals surface area contributed by atoms with Gasteiger partial charge in [0.15, 0.2) is 46.4 Å². The molecule has 0 N–H and O–H groups in total. The van der Waals surface area contributed by atoms with Crippen LogP contribution in [0.25, 0.3) is 10.8 Å². The summed E-state index contributed by atoms with van der Waals surface area (Å²) in [7, 11) is 0. The molecule has 0 aliphatic rings. The van der Waals surface area contributed by atoms with Crippen molar-refractivity contribution in [2.45, 2.75) is 0 Å². The van der Waals surface area contributed by atoms with E-state index >= 15 is 0 Å². The van der Waals surface area contributed by atoms with Crippen molar-refractivity contribution < 1.29 is 54.2 Å². The summed E-state index contributed by atoms with van der Waals surface area (Å²) in [6, 6.07) is 4.72. The van der Waals surface area contributed by atoms with E-state index in [9.17, 15) is 44.7 Å². The molecule has 0 heterocycles. The molecular weight excluding hydrogens is 504 g/mol. The van der Waals surface area contributed by atoms with Crippen molar-refractivity contribution in [3.63, 3.8) is 0 Å². The quantitative estimate of drug-likeness (QED) is 0.181. The minimum atomic E-state index is -1.98. The Morgan fingerprint density at radius 3 is 1.25 bits per heavy atom. The summed E-state index contributed by atoms with van der Waals surface area (Å²) in [4.78, 5) is 24.3. The zero-order valence-corrected chi connectivity index (χ0v) is 17.3. The van der Waals surface area contributed by atoms with Crippen LogP contribution < -0.4 is 9.47 Å². The van der Waals surface area contributed by atoms with Crippen molar-refractivity contribution in [1.82, 2.24) is 0 Å². The Morgan fingerprint density at radius 1 is 0.500 bits per heavy atom. The number of rotatable bonds is 4. The summed E-state index contributed by atoms with van der Waals surface area (Å²) in [5, 5.41) is -1.88. The SMILES string of the molecule is O=C(Oc1cc2cc(OC(=O)c3ccc(F)c(F)c3)c(F)c(F)c2c(F)c1F)c1ccc(F)c(F)c1. The first-order valence-corrected chi connectivity index (χ1v) is 9.62. The molecule has 0 unspecified atom stereocenters. The number of halogens is 8. The van der Waals surface area contributed by atoms with Crippen LogP contribution >= 0.6 is 0 Å². The van der Waals surface area contributed by atoms with Gasteiger partial charge in [0.1, 0.15) is 0 Å². The first-order valence-electron chi connectivity index (χ1n) is 9.62. The van der Waals surface area contributed by atoms with Crippen molar-refractivity contribution in [3.8, 4) is 11.5 Å².